The Bertz CT molecular complexity index is 773. The quantitative estimate of drug-likeness (QED) is 0.521. The monoisotopic (exact) mass is 325 g/mol. The van der Waals surface area contributed by atoms with Crippen LogP contribution in [0.4, 0.5) is 5.82 Å². The van der Waals surface area contributed by atoms with Crippen molar-refractivity contribution in [3.8, 4) is 6.07 Å². The Hall–Kier alpha value is -1.96. The molecule has 1 fully saturated rings. The molecular weight excluding hydrogens is 314 g/mol. The Labute approximate surface area is 129 Å². The highest BCUT2D eigenvalue weighted by molar-refractivity contribution is 6.28. The van der Waals surface area contributed by atoms with Gasteiger partial charge in [0.25, 0.3) is 0 Å². The van der Waals surface area contributed by atoms with Crippen LogP contribution in [0.3, 0.4) is 0 Å². The number of halogens is 1. The maximum absolute atomic E-state index is 10.1. The molecule has 1 aliphatic heterocycles. The smallest absolute Gasteiger partial charge is 0.226 e. The maximum Gasteiger partial charge on any atom is 0.226 e. The van der Waals surface area contributed by atoms with Gasteiger partial charge in [0.1, 0.15) is 30.2 Å². The predicted octanol–water partition coefficient (Wildman–Crippen LogP) is -0.850. The minimum absolute atomic E-state index is 0.0250. The molecule has 4 atom stereocenters. The molecule has 0 aromatic carbocycles. The van der Waals surface area contributed by atoms with Crippen molar-refractivity contribution in [1.29, 1.82) is 5.26 Å². The number of hydrogen-bond donors (Lipinski definition) is 4. The van der Waals surface area contributed by atoms with E-state index in [4.69, 9.17) is 27.2 Å². The third-order valence-electron chi connectivity index (χ3n) is 3.58. The normalized spacial score (nSPS) is 28.1. The van der Waals surface area contributed by atoms with E-state index in [0.29, 0.717) is 0 Å². The molecule has 9 nitrogen and oxygen atoms in total. The number of nitrogens with zero attached hydrogens (tertiary/aromatic N) is 4. The van der Waals surface area contributed by atoms with Gasteiger partial charge < -0.3 is 30.4 Å². The van der Waals surface area contributed by atoms with Crippen LogP contribution in [0.15, 0.2) is 6.20 Å². The highest BCUT2D eigenvalue weighted by atomic mass is 35.5. The van der Waals surface area contributed by atoms with Crippen molar-refractivity contribution in [3.63, 3.8) is 0 Å². The Morgan fingerprint density at radius 2 is 2.14 bits per heavy atom. The summed E-state index contributed by atoms with van der Waals surface area (Å²) >= 11 is 5.78. The molecule has 0 aliphatic carbocycles. The number of nitriles is 1. The van der Waals surface area contributed by atoms with Gasteiger partial charge in [-0.25, -0.2) is 4.98 Å². The Kier molecular flexibility index (Phi) is 3.64. The first-order chi connectivity index (χ1) is 10.5. The fraction of sp³-hybridized carbons (Fsp3) is 0.417. The Balaban J connectivity index is 2.18. The summed E-state index contributed by atoms with van der Waals surface area (Å²) in [5.41, 5.74) is 6.15. The SMILES string of the molecule is N#Cc1cn([C@@H]2O[C@H](CO)[C@@H](O)[C@H]2O)c2nc(Cl)nc(N)c12. The van der Waals surface area contributed by atoms with Gasteiger partial charge in [-0.05, 0) is 11.6 Å². The maximum atomic E-state index is 10.1. The Morgan fingerprint density at radius 1 is 1.41 bits per heavy atom. The minimum atomic E-state index is -1.31. The summed E-state index contributed by atoms with van der Waals surface area (Å²) in [5.74, 6) is 0.0250. The molecule has 0 radical (unpaired) electrons. The van der Waals surface area contributed by atoms with E-state index in [2.05, 4.69) is 9.97 Å². The molecule has 1 aliphatic rings. The van der Waals surface area contributed by atoms with E-state index in [0.717, 1.165) is 0 Å². The van der Waals surface area contributed by atoms with Crippen LogP contribution in [0.1, 0.15) is 11.8 Å². The van der Waals surface area contributed by atoms with Crippen molar-refractivity contribution in [1.82, 2.24) is 14.5 Å². The van der Waals surface area contributed by atoms with Crippen molar-refractivity contribution in [2.45, 2.75) is 24.5 Å². The lowest BCUT2D eigenvalue weighted by molar-refractivity contribution is -0.0508. The van der Waals surface area contributed by atoms with Crippen molar-refractivity contribution in [2.24, 2.45) is 0 Å². The van der Waals surface area contributed by atoms with E-state index < -0.39 is 31.1 Å². The van der Waals surface area contributed by atoms with Gasteiger partial charge in [-0.1, -0.05) is 0 Å². The summed E-state index contributed by atoms with van der Waals surface area (Å²) in [6, 6.07) is 1.95. The second-order valence-corrected chi connectivity index (χ2v) is 5.21. The minimum Gasteiger partial charge on any atom is -0.394 e. The number of nitrogen functional groups attached to an aromatic ring is 1. The molecule has 0 amide bonds. The molecule has 2 aromatic rings. The van der Waals surface area contributed by atoms with E-state index in [9.17, 15) is 15.5 Å². The summed E-state index contributed by atoms with van der Waals surface area (Å²) in [5, 5.41) is 38.4. The molecule has 10 heteroatoms. The first-order valence-electron chi connectivity index (χ1n) is 6.34. The average molecular weight is 326 g/mol. The zero-order valence-electron chi connectivity index (χ0n) is 11.1. The van der Waals surface area contributed by atoms with Gasteiger partial charge >= 0.3 is 0 Å². The number of ether oxygens (including phenoxy) is 1. The van der Waals surface area contributed by atoms with Gasteiger partial charge in [0.15, 0.2) is 11.9 Å². The largest absolute Gasteiger partial charge is 0.394 e. The number of rotatable bonds is 2. The van der Waals surface area contributed by atoms with Gasteiger partial charge in [-0.2, -0.15) is 10.2 Å². The van der Waals surface area contributed by atoms with Crippen molar-refractivity contribution in [2.75, 3.05) is 12.3 Å². The van der Waals surface area contributed by atoms with Crippen LogP contribution in [0.25, 0.3) is 11.0 Å². The zero-order chi connectivity index (χ0) is 16.0. The lowest BCUT2D eigenvalue weighted by Gasteiger charge is -2.17. The topological polar surface area (TPSA) is 150 Å². The molecule has 0 spiro atoms. The molecular formula is C12H12ClN5O4. The van der Waals surface area contributed by atoms with Gasteiger partial charge in [-0.15, -0.1) is 0 Å². The first kappa shape index (κ1) is 15.0. The standard InChI is InChI=1S/C12H12ClN5O4/c13-12-16-9(15)6-4(1-14)2-18(10(6)17-12)11-8(21)7(20)5(3-19)22-11/h2,5,7-8,11,19-21H,3H2,(H2,15,16,17)/t5-,7-,8-,11-/m1/s1. The summed E-state index contributed by atoms with van der Waals surface area (Å²) in [6.45, 7) is -0.461. The number of nitrogens with two attached hydrogens (primary N) is 1. The van der Waals surface area contributed by atoms with E-state index in [-0.39, 0.29) is 27.7 Å². The second-order valence-electron chi connectivity index (χ2n) is 4.87. The molecule has 5 N–H and O–H groups in total. The fourth-order valence-electron chi connectivity index (χ4n) is 2.54. The number of hydrogen-bond acceptors (Lipinski definition) is 8. The van der Waals surface area contributed by atoms with E-state index in [1.165, 1.54) is 10.8 Å². The van der Waals surface area contributed by atoms with Crippen LogP contribution in [0.2, 0.25) is 5.28 Å². The number of fused-ring (bicyclic) bond motifs is 1. The van der Waals surface area contributed by atoms with Crippen LogP contribution in [-0.4, -0.2) is 54.8 Å². The Morgan fingerprint density at radius 3 is 2.73 bits per heavy atom. The van der Waals surface area contributed by atoms with Crippen molar-refractivity contribution < 1.29 is 20.1 Å². The molecule has 3 rings (SSSR count). The van der Waals surface area contributed by atoms with Crippen LogP contribution in [-0.2, 0) is 4.74 Å². The summed E-state index contributed by atoms with van der Waals surface area (Å²) in [6.07, 6.45) is -3.19. The highest BCUT2D eigenvalue weighted by Gasteiger charge is 2.44. The fourth-order valence-corrected chi connectivity index (χ4v) is 2.71. The zero-order valence-corrected chi connectivity index (χ0v) is 11.8. The number of aliphatic hydroxyl groups excluding tert-OH is 3. The lowest BCUT2D eigenvalue weighted by atomic mass is 10.1. The lowest BCUT2D eigenvalue weighted by Crippen LogP contribution is -2.33. The summed E-state index contributed by atoms with van der Waals surface area (Å²) < 4.78 is 6.77. The number of aromatic nitrogens is 3. The van der Waals surface area contributed by atoms with Gasteiger partial charge in [0.2, 0.25) is 5.28 Å². The molecule has 116 valence electrons. The van der Waals surface area contributed by atoms with Gasteiger partial charge in [0, 0.05) is 6.20 Å². The van der Waals surface area contributed by atoms with E-state index >= 15 is 0 Å². The van der Waals surface area contributed by atoms with E-state index in [1.807, 2.05) is 6.07 Å². The molecule has 0 saturated carbocycles. The first-order valence-corrected chi connectivity index (χ1v) is 6.71. The van der Waals surface area contributed by atoms with Crippen LogP contribution >= 0.6 is 11.6 Å². The highest BCUT2D eigenvalue weighted by Crippen LogP contribution is 2.34. The number of anilines is 1. The molecule has 2 aromatic heterocycles. The third kappa shape index (κ3) is 2.09. The van der Waals surface area contributed by atoms with Crippen molar-refractivity contribution >= 4 is 28.5 Å². The van der Waals surface area contributed by atoms with Gasteiger partial charge in [0.05, 0.1) is 17.6 Å². The number of aliphatic hydroxyl groups is 3. The van der Waals surface area contributed by atoms with E-state index in [1.54, 1.807) is 0 Å². The second kappa shape index (κ2) is 5.35. The van der Waals surface area contributed by atoms with Crippen LogP contribution in [0.5, 0.6) is 0 Å². The van der Waals surface area contributed by atoms with Crippen LogP contribution in [0, 0.1) is 11.3 Å². The molecule has 0 bridgehead atoms. The third-order valence-corrected chi connectivity index (χ3v) is 3.75. The molecule has 22 heavy (non-hydrogen) atoms. The van der Waals surface area contributed by atoms with Crippen molar-refractivity contribution in [3.05, 3.63) is 17.0 Å². The average Bonchev–Trinajstić information content (AvgIpc) is 2.98. The summed E-state index contributed by atoms with van der Waals surface area (Å²) in [4.78, 5) is 7.80. The van der Waals surface area contributed by atoms with Crippen LogP contribution < -0.4 is 5.73 Å². The molecule has 1 saturated heterocycles. The predicted molar refractivity (Wildman–Crippen MR) is 74.7 cm³/mol. The molecule has 3 heterocycles. The molecule has 0 unspecified atom stereocenters. The summed E-state index contributed by atoms with van der Waals surface area (Å²) in [7, 11) is 0. The van der Waals surface area contributed by atoms with Gasteiger partial charge in [-0.3, -0.25) is 0 Å².